The SMILES string of the molecule is CC1C(CC(=O)O)C2CCN1CC2. The molecule has 2 bridgehead atoms. The highest BCUT2D eigenvalue weighted by molar-refractivity contribution is 5.67. The molecule has 0 aromatic rings. The van der Waals surface area contributed by atoms with E-state index in [-0.39, 0.29) is 0 Å². The van der Waals surface area contributed by atoms with E-state index < -0.39 is 5.97 Å². The van der Waals surface area contributed by atoms with Crippen LogP contribution in [0.25, 0.3) is 0 Å². The van der Waals surface area contributed by atoms with Gasteiger partial charge in [-0.3, -0.25) is 4.79 Å². The van der Waals surface area contributed by atoms with Crippen LogP contribution in [0.5, 0.6) is 0 Å². The summed E-state index contributed by atoms with van der Waals surface area (Å²) in [7, 11) is 0. The minimum absolute atomic E-state index is 0.363. The van der Waals surface area contributed by atoms with Crippen LogP contribution < -0.4 is 0 Å². The van der Waals surface area contributed by atoms with Crippen LogP contribution in [0.1, 0.15) is 26.2 Å². The van der Waals surface area contributed by atoms with Gasteiger partial charge in [-0.25, -0.2) is 0 Å². The van der Waals surface area contributed by atoms with Crippen molar-refractivity contribution in [2.24, 2.45) is 11.8 Å². The third-order valence-corrected chi connectivity index (χ3v) is 3.79. The van der Waals surface area contributed by atoms with Crippen molar-refractivity contribution in [3.8, 4) is 0 Å². The van der Waals surface area contributed by atoms with Gasteiger partial charge in [0.1, 0.15) is 0 Å². The Morgan fingerprint density at radius 3 is 2.54 bits per heavy atom. The van der Waals surface area contributed by atoms with Gasteiger partial charge in [-0.1, -0.05) is 0 Å². The number of carboxylic acids is 1. The molecule has 2 atom stereocenters. The molecule has 0 aliphatic carbocycles. The van der Waals surface area contributed by atoms with E-state index in [0.717, 1.165) is 0 Å². The minimum atomic E-state index is -0.634. The van der Waals surface area contributed by atoms with Gasteiger partial charge in [0.25, 0.3) is 0 Å². The van der Waals surface area contributed by atoms with Crippen molar-refractivity contribution in [1.29, 1.82) is 0 Å². The van der Waals surface area contributed by atoms with Gasteiger partial charge in [0.05, 0.1) is 0 Å². The molecule has 3 rings (SSSR count). The zero-order valence-corrected chi connectivity index (χ0v) is 8.07. The van der Waals surface area contributed by atoms with Crippen molar-refractivity contribution in [3.05, 3.63) is 0 Å². The van der Waals surface area contributed by atoms with Crippen molar-refractivity contribution >= 4 is 5.97 Å². The zero-order chi connectivity index (χ0) is 9.42. The summed E-state index contributed by atoms with van der Waals surface area (Å²) >= 11 is 0. The van der Waals surface area contributed by atoms with Crippen LogP contribution in [0.15, 0.2) is 0 Å². The fourth-order valence-electron chi connectivity index (χ4n) is 2.96. The number of piperidine rings is 3. The lowest BCUT2D eigenvalue weighted by Crippen LogP contribution is -2.53. The Bertz CT molecular complexity index is 207. The molecule has 0 radical (unpaired) electrons. The van der Waals surface area contributed by atoms with Crippen LogP contribution in [0.3, 0.4) is 0 Å². The maximum absolute atomic E-state index is 10.7. The highest BCUT2D eigenvalue weighted by Crippen LogP contribution is 2.38. The standard InChI is InChI=1S/C10H17NO2/c1-7-9(6-10(12)13)8-2-4-11(7)5-3-8/h7-9H,2-6H2,1H3,(H,12,13). The normalized spacial score (nSPS) is 43.5. The van der Waals surface area contributed by atoms with Crippen molar-refractivity contribution < 1.29 is 9.90 Å². The van der Waals surface area contributed by atoms with Crippen LogP contribution in [0.2, 0.25) is 0 Å². The Morgan fingerprint density at radius 1 is 1.46 bits per heavy atom. The molecule has 3 aliphatic rings. The van der Waals surface area contributed by atoms with Crippen molar-refractivity contribution in [2.45, 2.75) is 32.2 Å². The number of aliphatic carboxylic acids is 1. The average Bonchev–Trinajstić information content (AvgIpc) is 2.11. The van der Waals surface area contributed by atoms with Gasteiger partial charge in [-0.2, -0.15) is 0 Å². The van der Waals surface area contributed by atoms with Gasteiger partial charge in [-0.05, 0) is 44.7 Å². The number of rotatable bonds is 2. The number of nitrogens with zero attached hydrogens (tertiary/aromatic N) is 1. The first-order valence-corrected chi connectivity index (χ1v) is 5.14. The lowest BCUT2D eigenvalue weighted by molar-refractivity contribution is -0.141. The second-order valence-electron chi connectivity index (χ2n) is 4.38. The van der Waals surface area contributed by atoms with E-state index in [1.807, 2.05) is 0 Å². The summed E-state index contributed by atoms with van der Waals surface area (Å²) in [5.41, 5.74) is 0. The Hall–Kier alpha value is -0.570. The number of hydrogen-bond donors (Lipinski definition) is 1. The summed E-state index contributed by atoms with van der Waals surface area (Å²) in [6.45, 7) is 4.54. The van der Waals surface area contributed by atoms with Gasteiger partial charge >= 0.3 is 5.97 Å². The van der Waals surface area contributed by atoms with Gasteiger partial charge in [-0.15, -0.1) is 0 Å². The van der Waals surface area contributed by atoms with Crippen molar-refractivity contribution in [2.75, 3.05) is 13.1 Å². The molecule has 0 amide bonds. The van der Waals surface area contributed by atoms with E-state index in [2.05, 4.69) is 11.8 Å². The third kappa shape index (κ3) is 1.57. The molecule has 3 saturated heterocycles. The third-order valence-electron chi connectivity index (χ3n) is 3.79. The molecular weight excluding hydrogens is 166 g/mol. The van der Waals surface area contributed by atoms with Crippen LogP contribution >= 0.6 is 0 Å². The molecule has 0 saturated carbocycles. The highest BCUT2D eigenvalue weighted by atomic mass is 16.4. The molecule has 0 aromatic carbocycles. The first kappa shape index (κ1) is 9.00. The summed E-state index contributed by atoms with van der Waals surface area (Å²) in [5, 5.41) is 8.79. The molecule has 74 valence electrons. The number of carbonyl (C=O) groups is 1. The fraction of sp³-hybridized carbons (Fsp3) is 0.900. The van der Waals surface area contributed by atoms with E-state index in [9.17, 15) is 4.79 Å². The maximum Gasteiger partial charge on any atom is 0.303 e. The van der Waals surface area contributed by atoms with Crippen LogP contribution in [-0.4, -0.2) is 35.1 Å². The van der Waals surface area contributed by atoms with Crippen molar-refractivity contribution in [3.63, 3.8) is 0 Å². The summed E-state index contributed by atoms with van der Waals surface area (Å²) in [6.07, 6.45) is 2.78. The molecule has 3 heterocycles. The lowest BCUT2D eigenvalue weighted by atomic mass is 9.73. The molecule has 0 aromatic heterocycles. The maximum atomic E-state index is 10.7. The summed E-state index contributed by atoms with van der Waals surface area (Å²) < 4.78 is 0. The Morgan fingerprint density at radius 2 is 2.08 bits per heavy atom. The summed E-state index contributed by atoms with van der Waals surface area (Å²) in [4.78, 5) is 13.1. The predicted molar refractivity (Wildman–Crippen MR) is 49.5 cm³/mol. The minimum Gasteiger partial charge on any atom is -0.481 e. The first-order chi connectivity index (χ1) is 6.18. The van der Waals surface area contributed by atoms with E-state index in [4.69, 9.17) is 5.11 Å². The molecule has 3 heteroatoms. The number of hydrogen-bond acceptors (Lipinski definition) is 2. The number of fused-ring (bicyclic) bond motifs is 3. The summed E-state index contributed by atoms with van der Waals surface area (Å²) in [5.74, 6) is 0.446. The van der Waals surface area contributed by atoms with Crippen LogP contribution in [0.4, 0.5) is 0 Å². The smallest absolute Gasteiger partial charge is 0.303 e. The Labute approximate surface area is 78.7 Å². The molecular formula is C10H17NO2. The molecule has 2 unspecified atom stereocenters. The van der Waals surface area contributed by atoms with Crippen LogP contribution in [-0.2, 0) is 4.79 Å². The zero-order valence-electron chi connectivity index (χ0n) is 8.07. The molecule has 13 heavy (non-hydrogen) atoms. The summed E-state index contributed by atoms with van der Waals surface area (Å²) in [6, 6.07) is 0.489. The van der Waals surface area contributed by atoms with E-state index in [1.54, 1.807) is 0 Å². The quantitative estimate of drug-likeness (QED) is 0.699. The van der Waals surface area contributed by atoms with Crippen molar-refractivity contribution in [1.82, 2.24) is 4.90 Å². The van der Waals surface area contributed by atoms with E-state index >= 15 is 0 Å². The van der Waals surface area contributed by atoms with Gasteiger partial charge < -0.3 is 10.0 Å². The van der Waals surface area contributed by atoms with Crippen LogP contribution in [0, 0.1) is 11.8 Å². The highest BCUT2D eigenvalue weighted by Gasteiger charge is 2.40. The Kier molecular flexibility index (Phi) is 2.28. The lowest BCUT2D eigenvalue weighted by Gasteiger charge is -2.49. The largest absolute Gasteiger partial charge is 0.481 e. The van der Waals surface area contributed by atoms with Gasteiger partial charge in [0, 0.05) is 12.5 Å². The molecule has 0 spiro atoms. The van der Waals surface area contributed by atoms with Gasteiger partial charge in [0.15, 0.2) is 0 Å². The Balaban J connectivity index is 2.05. The second-order valence-corrected chi connectivity index (χ2v) is 4.38. The molecule has 3 fully saturated rings. The molecule has 3 aliphatic heterocycles. The van der Waals surface area contributed by atoms with E-state index in [0.29, 0.717) is 24.3 Å². The predicted octanol–water partition coefficient (Wildman–Crippen LogP) is 1.19. The molecule has 3 nitrogen and oxygen atoms in total. The molecule has 1 N–H and O–H groups in total. The topological polar surface area (TPSA) is 40.5 Å². The second kappa shape index (κ2) is 3.29. The first-order valence-electron chi connectivity index (χ1n) is 5.14. The van der Waals surface area contributed by atoms with Gasteiger partial charge in [0.2, 0.25) is 0 Å². The fourth-order valence-corrected chi connectivity index (χ4v) is 2.96. The monoisotopic (exact) mass is 183 g/mol. The average molecular weight is 183 g/mol. The number of carboxylic acid groups (broad SMARTS) is 1. The van der Waals surface area contributed by atoms with E-state index in [1.165, 1.54) is 25.9 Å².